The molecule has 0 aliphatic carbocycles. The summed E-state index contributed by atoms with van der Waals surface area (Å²) < 4.78 is 0. The van der Waals surface area contributed by atoms with Crippen molar-refractivity contribution in [3.05, 3.63) is 46.6 Å². The van der Waals surface area contributed by atoms with E-state index in [0.29, 0.717) is 5.15 Å². The minimum absolute atomic E-state index is 0. The van der Waals surface area contributed by atoms with Crippen molar-refractivity contribution in [1.82, 2.24) is 15.2 Å². The molecular weight excluding hydrogens is 469 g/mol. The summed E-state index contributed by atoms with van der Waals surface area (Å²) in [6.07, 6.45) is 2.73. The lowest BCUT2D eigenvalue weighted by Crippen LogP contribution is -2.52. The predicted octanol–water partition coefficient (Wildman–Crippen LogP) is 3.35. The Labute approximate surface area is 175 Å². The molecule has 0 bridgehead atoms. The fraction of sp³-hybridized carbons (Fsp3) is 0.412. The third-order valence-corrected chi connectivity index (χ3v) is 5.25. The molecule has 3 rings (SSSR count). The van der Waals surface area contributed by atoms with Gasteiger partial charge in [0, 0.05) is 46.0 Å². The van der Waals surface area contributed by atoms with Gasteiger partial charge >= 0.3 is 0 Å². The van der Waals surface area contributed by atoms with Crippen LogP contribution in [0.3, 0.4) is 0 Å². The quantitative estimate of drug-likeness (QED) is 0.308. The second kappa shape index (κ2) is 10.2. The molecule has 25 heavy (non-hydrogen) atoms. The first kappa shape index (κ1) is 20.3. The van der Waals surface area contributed by atoms with Gasteiger partial charge in [0.25, 0.3) is 0 Å². The summed E-state index contributed by atoms with van der Waals surface area (Å²) in [6, 6.07) is 8.14. The molecule has 1 aliphatic rings. The van der Waals surface area contributed by atoms with E-state index in [-0.39, 0.29) is 24.0 Å². The fourth-order valence-corrected chi connectivity index (χ4v) is 3.69. The molecule has 8 heteroatoms. The second-order valence-corrected chi connectivity index (χ2v) is 6.95. The zero-order valence-electron chi connectivity index (χ0n) is 14.2. The predicted molar refractivity (Wildman–Crippen MR) is 118 cm³/mol. The van der Waals surface area contributed by atoms with Gasteiger partial charge in [0.05, 0.1) is 5.00 Å². The lowest BCUT2D eigenvalue weighted by molar-refractivity contribution is 0.374. The molecule has 0 radical (unpaired) electrons. The molecule has 1 aliphatic heterocycles. The van der Waals surface area contributed by atoms with Gasteiger partial charge in [-0.15, -0.1) is 35.3 Å². The molecule has 2 aromatic rings. The number of nitrogens with zero attached hydrogens (tertiary/aromatic N) is 4. The van der Waals surface area contributed by atoms with Crippen LogP contribution in [-0.4, -0.2) is 55.6 Å². The van der Waals surface area contributed by atoms with Gasteiger partial charge in [-0.1, -0.05) is 17.7 Å². The normalized spacial score (nSPS) is 15.0. The standard InChI is InChI=1S/C17H22ClN5S.HI/c1-19-17(20-7-6-14-4-5-15(18)21-13-14)23-10-8-22(9-11-23)16-3-2-12-24-16;/h2-5,12-13H,6-11H2,1H3,(H,19,20);1H. The SMILES string of the molecule is CN=C(NCCc1ccc(Cl)nc1)N1CCN(c2cccs2)CC1.I. The molecule has 0 unspecified atom stereocenters. The van der Waals surface area contributed by atoms with Crippen LogP contribution in [0.25, 0.3) is 0 Å². The summed E-state index contributed by atoms with van der Waals surface area (Å²) in [5, 5.41) is 7.47. The molecule has 1 saturated heterocycles. The molecule has 0 spiro atoms. The summed E-state index contributed by atoms with van der Waals surface area (Å²) in [7, 11) is 1.85. The summed E-state index contributed by atoms with van der Waals surface area (Å²) in [6.45, 7) is 4.87. The first-order chi connectivity index (χ1) is 11.8. The molecule has 1 N–H and O–H groups in total. The number of hydrogen-bond acceptors (Lipinski definition) is 4. The van der Waals surface area contributed by atoms with Gasteiger partial charge in [-0.3, -0.25) is 4.99 Å². The first-order valence-electron chi connectivity index (χ1n) is 8.11. The highest BCUT2D eigenvalue weighted by molar-refractivity contribution is 14.0. The van der Waals surface area contributed by atoms with Gasteiger partial charge in [-0.05, 0) is 35.6 Å². The van der Waals surface area contributed by atoms with E-state index in [9.17, 15) is 0 Å². The Bertz CT molecular complexity index is 654. The number of pyridine rings is 1. The van der Waals surface area contributed by atoms with E-state index in [1.165, 1.54) is 10.6 Å². The summed E-state index contributed by atoms with van der Waals surface area (Å²) in [5.41, 5.74) is 1.17. The summed E-state index contributed by atoms with van der Waals surface area (Å²) in [5.74, 6) is 0.975. The number of guanidine groups is 1. The van der Waals surface area contributed by atoms with Crippen molar-refractivity contribution in [3.8, 4) is 0 Å². The van der Waals surface area contributed by atoms with Gasteiger partial charge < -0.3 is 15.1 Å². The van der Waals surface area contributed by atoms with Crippen LogP contribution in [0.4, 0.5) is 5.00 Å². The van der Waals surface area contributed by atoms with E-state index >= 15 is 0 Å². The summed E-state index contributed by atoms with van der Waals surface area (Å²) >= 11 is 7.62. The Hall–Kier alpha value is -1.06. The number of piperazine rings is 1. The average molecular weight is 492 g/mol. The lowest BCUT2D eigenvalue weighted by atomic mass is 10.2. The van der Waals surface area contributed by atoms with Crippen LogP contribution in [0, 0.1) is 0 Å². The Balaban J connectivity index is 0.00000225. The maximum absolute atomic E-state index is 5.81. The smallest absolute Gasteiger partial charge is 0.193 e. The highest BCUT2D eigenvalue weighted by Gasteiger charge is 2.20. The van der Waals surface area contributed by atoms with E-state index in [0.717, 1.165) is 45.1 Å². The Morgan fingerprint density at radius 1 is 1.28 bits per heavy atom. The third kappa shape index (κ3) is 5.72. The third-order valence-electron chi connectivity index (χ3n) is 4.09. The monoisotopic (exact) mass is 491 g/mol. The number of rotatable bonds is 4. The molecule has 136 valence electrons. The van der Waals surface area contributed by atoms with Crippen LogP contribution in [0.5, 0.6) is 0 Å². The molecule has 0 saturated carbocycles. The molecule has 3 heterocycles. The van der Waals surface area contributed by atoms with E-state index in [4.69, 9.17) is 11.6 Å². The Morgan fingerprint density at radius 3 is 2.68 bits per heavy atom. The first-order valence-corrected chi connectivity index (χ1v) is 9.36. The molecule has 1 fully saturated rings. The molecule has 2 aromatic heterocycles. The van der Waals surface area contributed by atoms with E-state index in [2.05, 4.69) is 42.6 Å². The number of anilines is 1. The molecule has 0 aromatic carbocycles. The largest absolute Gasteiger partial charge is 0.360 e. The van der Waals surface area contributed by atoms with Crippen molar-refractivity contribution in [1.29, 1.82) is 0 Å². The number of aromatic nitrogens is 1. The van der Waals surface area contributed by atoms with E-state index in [1.807, 2.05) is 25.4 Å². The molecule has 5 nitrogen and oxygen atoms in total. The van der Waals surface area contributed by atoms with Crippen molar-refractivity contribution < 1.29 is 0 Å². The van der Waals surface area contributed by atoms with Crippen molar-refractivity contribution in [2.45, 2.75) is 6.42 Å². The minimum atomic E-state index is 0. The van der Waals surface area contributed by atoms with Crippen LogP contribution in [0.1, 0.15) is 5.56 Å². The van der Waals surface area contributed by atoms with Crippen LogP contribution < -0.4 is 10.2 Å². The van der Waals surface area contributed by atoms with Gasteiger partial charge in [0.2, 0.25) is 0 Å². The maximum Gasteiger partial charge on any atom is 0.193 e. The zero-order valence-corrected chi connectivity index (χ0v) is 18.1. The average Bonchev–Trinajstić information content (AvgIpc) is 3.15. The molecule has 0 atom stereocenters. The Kier molecular flexibility index (Phi) is 8.25. The van der Waals surface area contributed by atoms with Crippen LogP contribution in [0.15, 0.2) is 40.8 Å². The van der Waals surface area contributed by atoms with E-state index in [1.54, 1.807) is 11.3 Å². The van der Waals surface area contributed by atoms with Crippen molar-refractivity contribution >= 4 is 57.9 Å². The zero-order chi connectivity index (χ0) is 16.8. The summed E-state index contributed by atoms with van der Waals surface area (Å²) in [4.78, 5) is 13.3. The number of aliphatic imine (C=N–C) groups is 1. The maximum atomic E-state index is 5.81. The molecular formula is C17H23ClIN5S. The van der Waals surface area contributed by atoms with Crippen molar-refractivity contribution in [2.24, 2.45) is 4.99 Å². The number of halogens is 2. The van der Waals surface area contributed by atoms with Gasteiger partial charge in [-0.2, -0.15) is 0 Å². The van der Waals surface area contributed by atoms with Gasteiger partial charge in [0.15, 0.2) is 5.96 Å². The lowest BCUT2D eigenvalue weighted by Gasteiger charge is -2.37. The number of hydrogen-bond donors (Lipinski definition) is 1. The highest BCUT2D eigenvalue weighted by atomic mass is 127. The van der Waals surface area contributed by atoms with Crippen LogP contribution in [0.2, 0.25) is 5.15 Å². The van der Waals surface area contributed by atoms with Crippen molar-refractivity contribution in [2.75, 3.05) is 44.7 Å². The van der Waals surface area contributed by atoms with Crippen molar-refractivity contribution in [3.63, 3.8) is 0 Å². The fourth-order valence-electron chi connectivity index (χ4n) is 2.79. The van der Waals surface area contributed by atoms with Crippen LogP contribution in [-0.2, 0) is 6.42 Å². The Morgan fingerprint density at radius 2 is 2.08 bits per heavy atom. The topological polar surface area (TPSA) is 43.8 Å². The second-order valence-electron chi connectivity index (χ2n) is 5.64. The number of nitrogens with one attached hydrogen (secondary N) is 1. The van der Waals surface area contributed by atoms with Gasteiger partial charge in [0.1, 0.15) is 5.15 Å². The highest BCUT2D eigenvalue weighted by Crippen LogP contribution is 2.22. The molecule has 0 amide bonds. The van der Waals surface area contributed by atoms with Crippen LogP contribution >= 0.6 is 46.9 Å². The minimum Gasteiger partial charge on any atom is -0.360 e. The number of thiophene rings is 1. The van der Waals surface area contributed by atoms with Gasteiger partial charge in [-0.25, -0.2) is 4.98 Å². The van der Waals surface area contributed by atoms with E-state index < -0.39 is 0 Å².